The molecular weight excluding hydrogens is 164 g/mol. The van der Waals surface area contributed by atoms with Crippen molar-refractivity contribution >= 4 is 0 Å². The first kappa shape index (κ1) is 15.1. The van der Waals surface area contributed by atoms with Crippen LogP contribution in [0.2, 0.25) is 0 Å². The molecule has 0 atom stereocenters. The van der Waals surface area contributed by atoms with E-state index in [1.807, 2.05) is 0 Å². The molecule has 0 unspecified atom stereocenters. The van der Waals surface area contributed by atoms with Gasteiger partial charge in [0.15, 0.2) is 0 Å². The Morgan fingerprint density at radius 2 is 1.38 bits per heavy atom. The van der Waals surface area contributed by atoms with Crippen LogP contribution in [-0.2, 0) is 4.74 Å². The van der Waals surface area contributed by atoms with Crippen molar-refractivity contribution < 1.29 is 9.84 Å². The van der Waals surface area contributed by atoms with Crippen LogP contribution in [0.25, 0.3) is 0 Å². The van der Waals surface area contributed by atoms with Gasteiger partial charge in [-0.05, 0) is 0 Å². The molecule has 1 saturated carbocycles. The van der Waals surface area contributed by atoms with Gasteiger partial charge in [-0.3, -0.25) is 0 Å². The first-order valence-corrected chi connectivity index (χ1v) is 4.96. The van der Waals surface area contributed by atoms with Crippen LogP contribution in [0.15, 0.2) is 12.7 Å². The minimum absolute atomic E-state index is 0.653. The second-order valence-electron chi connectivity index (χ2n) is 2.87. The van der Waals surface area contributed by atoms with Gasteiger partial charge >= 0.3 is 0 Å². The maximum absolute atomic E-state index is 7.00. The maximum atomic E-state index is 7.00. The molecular formula is C11H24O2. The van der Waals surface area contributed by atoms with Crippen LogP contribution in [0.1, 0.15) is 38.5 Å². The van der Waals surface area contributed by atoms with E-state index < -0.39 is 0 Å². The monoisotopic (exact) mass is 188 g/mol. The average Bonchev–Trinajstić information content (AvgIpc) is 2.25. The third-order valence-electron chi connectivity index (χ3n) is 1.78. The van der Waals surface area contributed by atoms with Gasteiger partial charge in [0.05, 0.1) is 6.61 Å². The SMILES string of the molecule is C1CCCCC1.C=CCOC.CO. The number of hydrogen-bond acceptors (Lipinski definition) is 2. The predicted molar refractivity (Wildman–Crippen MR) is 57.9 cm³/mol. The Kier molecular flexibility index (Phi) is 20.6. The molecule has 0 radical (unpaired) electrons. The van der Waals surface area contributed by atoms with Crippen LogP contribution in [-0.4, -0.2) is 25.9 Å². The minimum atomic E-state index is 0.653. The topological polar surface area (TPSA) is 29.5 Å². The van der Waals surface area contributed by atoms with Crippen molar-refractivity contribution in [3.8, 4) is 0 Å². The highest BCUT2D eigenvalue weighted by Gasteiger charge is 1.95. The van der Waals surface area contributed by atoms with Crippen molar-refractivity contribution in [2.24, 2.45) is 0 Å². The van der Waals surface area contributed by atoms with Crippen molar-refractivity contribution in [2.45, 2.75) is 38.5 Å². The molecule has 0 saturated heterocycles. The van der Waals surface area contributed by atoms with E-state index in [1.54, 1.807) is 13.2 Å². The van der Waals surface area contributed by atoms with Crippen LogP contribution < -0.4 is 0 Å². The lowest BCUT2D eigenvalue weighted by Crippen LogP contribution is -1.85. The zero-order valence-electron chi connectivity index (χ0n) is 9.09. The van der Waals surface area contributed by atoms with Gasteiger partial charge in [-0.1, -0.05) is 44.6 Å². The van der Waals surface area contributed by atoms with Crippen LogP contribution in [0.3, 0.4) is 0 Å². The van der Waals surface area contributed by atoms with Crippen LogP contribution in [0.4, 0.5) is 0 Å². The summed E-state index contributed by atoms with van der Waals surface area (Å²) in [5, 5.41) is 7.00. The van der Waals surface area contributed by atoms with Gasteiger partial charge in [0.25, 0.3) is 0 Å². The Morgan fingerprint density at radius 3 is 1.46 bits per heavy atom. The van der Waals surface area contributed by atoms with E-state index in [0.717, 1.165) is 7.11 Å². The molecule has 2 nitrogen and oxygen atoms in total. The van der Waals surface area contributed by atoms with E-state index in [1.165, 1.54) is 38.5 Å². The molecule has 1 aliphatic rings. The summed E-state index contributed by atoms with van der Waals surface area (Å²) in [4.78, 5) is 0. The highest BCUT2D eigenvalue weighted by Crippen LogP contribution is 2.15. The molecule has 0 spiro atoms. The summed E-state index contributed by atoms with van der Waals surface area (Å²) >= 11 is 0. The second-order valence-corrected chi connectivity index (χ2v) is 2.87. The molecule has 0 aromatic carbocycles. The minimum Gasteiger partial charge on any atom is -0.400 e. The third-order valence-corrected chi connectivity index (χ3v) is 1.78. The van der Waals surface area contributed by atoms with Crippen molar-refractivity contribution in [3.63, 3.8) is 0 Å². The van der Waals surface area contributed by atoms with E-state index >= 15 is 0 Å². The number of ether oxygens (including phenoxy) is 1. The Bertz CT molecular complexity index is 66.6. The van der Waals surface area contributed by atoms with Gasteiger partial charge in [0, 0.05) is 14.2 Å². The summed E-state index contributed by atoms with van der Waals surface area (Å²) in [6.07, 6.45) is 10.7. The standard InChI is InChI=1S/C6H12.C4H8O.CH4O/c1-2-4-6-5-3-1;1-3-4-5-2;1-2/h1-6H2;3H,1,4H2,2H3;2H,1H3. The molecule has 0 aliphatic heterocycles. The van der Waals surface area contributed by atoms with Crippen molar-refractivity contribution in [1.29, 1.82) is 0 Å². The second kappa shape index (κ2) is 17.7. The van der Waals surface area contributed by atoms with E-state index in [-0.39, 0.29) is 0 Å². The highest BCUT2D eigenvalue weighted by atomic mass is 16.5. The van der Waals surface area contributed by atoms with E-state index in [9.17, 15) is 0 Å². The lowest BCUT2D eigenvalue weighted by Gasteiger charge is -2.05. The first-order valence-electron chi connectivity index (χ1n) is 4.96. The molecule has 1 N–H and O–H groups in total. The van der Waals surface area contributed by atoms with Crippen LogP contribution >= 0.6 is 0 Å². The number of hydrogen-bond donors (Lipinski definition) is 1. The summed E-state index contributed by atoms with van der Waals surface area (Å²) in [5.41, 5.74) is 0. The fraction of sp³-hybridized carbons (Fsp3) is 0.818. The Labute approximate surface area is 82.6 Å². The Balaban J connectivity index is 0. The Hall–Kier alpha value is -0.340. The smallest absolute Gasteiger partial charge is 0.0641 e. The van der Waals surface area contributed by atoms with Crippen molar-refractivity contribution in [1.82, 2.24) is 0 Å². The molecule has 0 aromatic rings. The molecule has 0 bridgehead atoms. The molecule has 80 valence electrons. The van der Waals surface area contributed by atoms with Gasteiger partial charge in [-0.25, -0.2) is 0 Å². The first-order chi connectivity index (χ1) is 6.41. The third kappa shape index (κ3) is 18.5. The van der Waals surface area contributed by atoms with Crippen molar-refractivity contribution in [3.05, 3.63) is 12.7 Å². The largest absolute Gasteiger partial charge is 0.400 e. The lowest BCUT2D eigenvalue weighted by molar-refractivity contribution is 0.234. The van der Waals surface area contributed by atoms with Crippen LogP contribution in [0.5, 0.6) is 0 Å². The summed E-state index contributed by atoms with van der Waals surface area (Å²) in [6, 6.07) is 0. The summed E-state index contributed by atoms with van der Waals surface area (Å²) < 4.78 is 4.57. The summed E-state index contributed by atoms with van der Waals surface area (Å²) in [5.74, 6) is 0. The average molecular weight is 188 g/mol. The molecule has 0 amide bonds. The molecule has 13 heavy (non-hydrogen) atoms. The normalized spacial score (nSPS) is 14.4. The van der Waals surface area contributed by atoms with E-state index in [4.69, 9.17) is 5.11 Å². The number of methoxy groups -OCH3 is 1. The lowest BCUT2D eigenvalue weighted by atomic mass is 10.0. The van der Waals surface area contributed by atoms with Crippen molar-refractivity contribution in [2.75, 3.05) is 20.8 Å². The summed E-state index contributed by atoms with van der Waals surface area (Å²) in [7, 11) is 2.64. The maximum Gasteiger partial charge on any atom is 0.0641 e. The quantitative estimate of drug-likeness (QED) is 0.675. The number of aliphatic hydroxyl groups excluding tert-OH is 1. The zero-order chi connectivity index (χ0) is 10.4. The van der Waals surface area contributed by atoms with Gasteiger partial charge in [-0.15, -0.1) is 6.58 Å². The van der Waals surface area contributed by atoms with Gasteiger partial charge in [-0.2, -0.15) is 0 Å². The highest BCUT2D eigenvalue weighted by molar-refractivity contribution is 4.62. The predicted octanol–water partition coefficient (Wildman–Crippen LogP) is 2.77. The van der Waals surface area contributed by atoms with Gasteiger partial charge in [0.2, 0.25) is 0 Å². The van der Waals surface area contributed by atoms with E-state index in [0.29, 0.717) is 6.61 Å². The molecule has 1 aliphatic carbocycles. The molecule has 0 aromatic heterocycles. The van der Waals surface area contributed by atoms with E-state index in [2.05, 4.69) is 11.3 Å². The fourth-order valence-corrected chi connectivity index (χ4v) is 1.18. The number of aliphatic hydroxyl groups is 1. The molecule has 2 heteroatoms. The zero-order valence-corrected chi connectivity index (χ0v) is 9.09. The fourth-order valence-electron chi connectivity index (χ4n) is 1.18. The Morgan fingerprint density at radius 1 is 1.08 bits per heavy atom. The van der Waals surface area contributed by atoms with Crippen LogP contribution in [0, 0.1) is 0 Å². The summed E-state index contributed by atoms with van der Waals surface area (Å²) in [6.45, 7) is 4.08. The molecule has 0 heterocycles. The molecule has 1 fully saturated rings. The number of rotatable bonds is 2. The van der Waals surface area contributed by atoms with Gasteiger partial charge < -0.3 is 9.84 Å². The molecule has 1 rings (SSSR count). The van der Waals surface area contributed by atoms with Gasteiger partial charge in [0.1, 0.15) is 0 Å².